The van der Waals surface area contributed by atoms with Crippen molar-refractivity contribution in [2.45, 2.75) is 25.8 Å². The second kappa shape index (κ2) is 5.71. The van der Waals surface area contributed by atoms with Gasteiger partial charge in [-0.3, -0.25) is 0 Å². The number of hydrogen-bond acceptors (Lipinski definition) is 5. The van der Waals surface area contributed by atoms with E-state index >= 15 is 0 Å². The molecule has 1 aliphatic heterocycles. The molecule has 1 saturated heterocycles. The van der Waals surface area contributed by atoms with E-state index in [1.807, 2.05) is 0 Å². The van der Waals surface area contributed by atoms with Crippen LogP contribution in [0.25, 0.3) is 0 Å². The maximum absolute atomic E-state index is 6.23. The van der Waals surface area contributed by atoms with Gasteiger partial charge >= 0.3 is 0 Å². The maximum Gasteiger partial charge on any atom is 0.153 e. The summed E-state index contributed by atoms with van der Waals surface area (Å²) in [5.41, 5.74) is 5.76. The molecule has 1 unspecified atom stereocenters. The van der Waals surface area contributed by atoms with E-state index in [0.717, 1.165) is 38.3 Å². The monoisotopic (exact) mass is 269 g/mol. The molecule has 18 heavy (non-hydrogen) atoms. The van der Waals surface area contributed by atoms with Crippen LogP contribution in [-0.2, 0) is 0 Å². The third-order valence-electron chi connectivity index (χ3n) is 3.44. The Hall–Kier alpha value is -1.07. The number of nitrogen functional groups attached to an aromatic ring is 1. The number of halogens is 1. The van der Waals surface area contributed by atoms with Gasteiger partial charge in [0.25, 0.3) is 0 Å². The summed E-state index contributed by atoms with van der Waals surface area (Å²) in [5.74, 6) is 1.13. The van der Waals surface area contributed by atoms with E-state index in [2.05, 4.69) is 33.7 Å². The lowest BCUT2D eigenvalue weighted by Gasteiger charge is -2.31. The van der Waals surface area contributed by atoms with Crippen LogP contribution in [0.2, 0.25) is 5.02 Å². The largest absolute Gasteiger partial charge is 0.382 e. The summed E-state index contributed by atoms with van der Waals surface area (Å²) in [6.07, 6.45) is 3.65. The van der Waals surface area contributed by atoms with Gasteiger partial charge in [0.1, 0.15) is 17.2 Å². The zero-order chi connectivity index (χ0) is 13.1. The predicted molar refractivity (Wildman–Crippen MR) is 75.0 cm³/mol. The minimum absolute atomic E-state index is 0.356. The van der Waals surface area contributed by atoms with E-state index in [0.29, 0.717) is 16.9 Å². The molecule has 2 heterocycles. The molecule has 1 fully saturated rings. The average Bonchev–Trinajstić information content (AvgIpc) is 2.54. The molecule has 0 aliphatic carbocycles. The summed E-state index contributed by atoms with van der Waals surface area (Å²) in [5, 5.41) is 0.473. The van der Waals surface area contributed by atoms with Crippen LogP contribution in [0.15, 0.2) is 6.33 Å². The maximum atomic E-state index is 6.23. The van der Waals surface area contributed by atoms with E-state index in [-0.39, 0.29) is 0 Å². The molecule has 5 nitrogen and oxygen atoms in total. The highest BCUT2D eigenvalue weighted by molar-refractivity contribution is 6.35. The van der Waals surface area contributed by atoms with Gasteiger partial charge in [0.05, 0.1) is 0 Å². The zero-order valence-corrected chi connectivity index (χ0v) is 11.7. The molecule has 0 aromatic carbocycles. The van der Waals surface area contributed by atoms with E-state index in [1.54, 1.807) is 0 Å². The molecule has 100 valence electrons. The number of likely N-dealkylation sites (N-methyl/N-ethyl adjacent to an activating group) is 1. The standard InChI is InChI=1S/C12H20ClN5/c1-3-9-7-17(2)5-4-6-18(9)12-10(13)11(14)15-8-16-12/h8-9H,3-7H2,1-2H3,(H2,14,15,16). The van der Waals surface area contributed by atoms with Crippen LogP contribution in [-0.4, -0.2) is 47.6 Å². The molecule has 0 radical (unpaired) electrons. The summed E-state index contributed by atoms with van der Waals surface area (Å²) in [4.78, 5) is 12.9. The van der Waals surface area contributed by atoms with E-state index in [4.69, 9.17) is 17.3 Å². The Kier molecular flexibility index (Phi) is 4.24. The van der Waals surface area contributed by atoms with Crippen LogP contribution >= 0.6 is 11.6 Å². The van der Waals surface area contributed by atoms with Crippen molar-refractivity contribution in [3.8, 4) is 0 Å². The molecule has 1 aliphatic rings. The molecule has 2 N–H and O–H groups in total. The van der Waals surface area contributed by atoms with Gasteiger partial charge in [-0.2, -0.15) is 0 Å². The highest BCUT2D eigenvalue weighted by Gasteiger charge is 2.25. The normalized spacial score (nSPS) is 21.9. The first-order chi connectivity index (χ1) is 8.63. The van der Waals surface area contributed by atoms with Crippen LogP contribution in [0, 0.1) is 0 Å². The van der Waals surface area contributed by atoms with Gasteiger partial charge in [-0.15, -0.1) is 0 Å². The van der Waals surface area contributed by atoms with Crippen LogP contribution in [0.4, 0.5) is 11.6 Å². The van der Waals surface area contributed by atoms with Gasteiger partial charge < -0.3 is 15.5 Å². The number of anilines is 2. The molecule has 0 saturated carbocycles. The van der Waals surface area contributed by atoms with Crippen LogP contribution in [0.3, 0.4) is 0 Å². The van der Waals surface area contributed by atoms with E-state index < -0.39 is 0 Å². The number of hydrogen-bond donors (Lipinski definition) is 1. The first-order valence-electron chi connectivity index (χ1n) is 6.34. The number of nitrogens with two attached hydrogens (primary N) is 1. The minimum Gasteiger partial charge on any atom is -0.382 e. The van der Waals surface area contributed by atoms with Crippen molar-refractivity contribution >= 4 is 23.2 Å². The highest BCUT2D eigenvalue weighted by Crippen LogP contribution is 2.30. The van der Waals surface area contributed by atoms with Crippen LogP contribution in [0.5, 0.6) is 0 Å². The lowest BCUT2D eigenvalue weighted by atomic mass is 10.2. The zero-order valence-electron chi connectivity index (χ0n) is 10.9. The predicted octanol–water partition coefficient (Wildman–Crippen LogP) is 1.63. The SMILES string of the molecule is CCC1CN(C)CCCN1c1ncnc(N)c1Cl. The van der Waals surface area contributed by atoms with Gasteiger partial charge in [-0.1, -0.05) is 18.5 Å². The molecule has 1 aromatic rings. The fourth-order valence-corrected chi connectivity index (χ4v) is 2.65. The molecule has 0 bridgehead atoms. The Morgan fingerprint density at radius 3 is 2.94 bits per heavy atom. The summed E-state index contributed by atoms with van der Waals surface area (Å²) in [6, 6.07) is 0.421. The first-order valence-corrected chi connectivity index (χ1v) is 6.72. The quantitative estimate of drug-likeness (QED) is 0.884. The van der Waals surface area contributed by atoms with E-state index in [9.17, 15) is 0 Å². The topological polar surface area (TPSA) is 58.3 Å². The summed E-state index contributed by atoms with van der Waals surface area (Å²) in [7, 11) is 2.15. The van der Waals surface area contributed by atoms with Gasteiger partial charge in [0, 0.05) is 19.1 Å². The summed E-state index contributed by atoms with van der Waals surface area (Å²) < 4.78 is 0. The van der Waals surface area contributed by atoms with Gasteiger partial charge in [-0.25, -0.2) is 9.97 Å². The molecular formula is C12H20ClN5. The molecule has 0 amide bonds. The van der Waals surface area contributed by atoms with Crippen molar-refractivity contribution in [1.29, 1.82) is 0 Å². The Morgan fingerprint density at radius 1 is 1.44 bits per heavy atom. The van der Waals surface area contributed by atoms with Crippen LogP contribution in [0.1, 0.15) is 19.8 Å². The van der Waals surface area contributed by atoms with Crippen molar-refractivity contribution in [2.75, 3.05) is 37.3 Å². The van der Waals surface area contributed by atoms with Crippen molar-refractivity contribution in [1.82, 2.24) is 14.9 Å². The minimum atomic E-state index is 0.356. The fourth-order valence-electron chi connectivity index (χ4n) is 2.45. The third-order valence-corrected chi connectivity index (χ3v) is 3.81. The smallest absolute Gasteiger partial charge is 0.153 e. The highest BCUT2D eigenvalue weighted by atomic mass is 35.5. The molecule has 1 atom stereocenters. The second-order valence-electron chi connectivity index (χ2n) is 4.77. The van der Waals surface area contributed by atoms with Crippen molar-refractivity contribution in [2.24, 2.45) is 0 Å². The molecule has 0 spiro atoms. The van der Waals surface area contributed by atoms with Gasteiger partial charge in [-0.05, 0) is 26.4 Å². The van der Waals surface area contributed by atoms with E-state index in [1.165, 1.54) is 6.33 Å². The van der Waals surface area contributed by atoms with Gasteiger partial charge in [0.15, 0.2) is 5.82 Å². The summed E-state index contributed by atoms with van der Waals surface area (Å²) >= 11 is 6.23. The first kappa shape index (κ1) is 13.4. The van der Waals surface area contributed by atoms with Gasteiger partial charge in [0.2, 0.25) is 0 Å². The Balaban J connectivity index is 2.31. The third kappa shape index (κ3) is 2.67. The Labute approximate surface area is 113 Å². The number of aromatic nitrogens is 2. The Morgan fingerprint density at radius 2 is 2.22 bits per heavy atom. The second-order valence-corrected chi connectivity index (χ2v) is 5.15. The van der Waals surface area contributed by atoms with Crippen LogP contribution < -0.4 is 10.6 Å². The molecule has 2 rings (SSSR count). The lowest BCUT2D eigenvalue weighted by molar-refractivity contribution is 0.327. The number of nitrogens with zero attached hydrogens (tertiary/aromatic N) is 4. The molecule has 1 aromatic heterocycles. The molecular weight excluding hydrogens is 250 g/mol. The van der Waals surface area contributed by atoms with Crippen molar-refractivity contribution in [3.05, 3.63) is 11.3 Å². The molecule has 6 heteroatoms. The van der Waals surface area contributed by atoms with Crippen molar-refractivity contribution in [3.63, 3.8) is 0 Å². The fraction of sp³-hybridized carbons (Fsp3) is 0.667. The average molecular weight is 270 g/mol. The number of rotatable bonds is 2. The summed E-state index contributed by atoms with van der Waals surface area (Å²) in [6.45, 7) is 5.27. The van der Waals surface area contributed by atoms with Crippen molar-refractivity contribution < 1.29 is 0 Å². The Bertz CT molecular complexity index is 411. The lowest BCUT2D eigenvalue weighted by Crippen LogP contribution is -2.40.